The molecule has 4 heteroatoms. The van der Waals surface area contributed by atoms with E-state index in [0.29, 0.717) is 6.54 Å². The van der Waals surface area contributed by atoms with Gasteiger partial charge in [0, 0.05) is 12.6 Å². The molecule has 1 saturated carbocycles. The summed E-state index contributed by atoms with van der Waals surface area (Å²) in [5, 5.41) is 13.0. The first-order valence-corrected chi connectivity index (χ1v) is 8.49. The van der Waals surface area contributed by atoms with Gasteiger partial charge in [-0.2, -0.15) is 0 Å². The van der Waals surface area contributed by atoms with Crippen LogP contribution in [-0.2, 0) is 4.79 Å². The molecule has 0 aliphatic heterocycles. The fourth-order valence-electron chi connectivity index (χ4n) is 3.50. The van der Waals surface area contributed by atoms with E-state index in [0.717, 1.165) is 38.6 Å². The van der Waals surface area contributed by atoms with Gasteiger partial charge in [0.1, 0.15) is 0 Å². The number of allylic oxidation sites excluding steroid dienone is 1. The lowest BCUT2D eigenvalue weighted by Gasteiger charge is -2.34. The quantitative estimate of drug-likeness (QED) is 0.739. The zero-order chi connectivity index (χ0) is 15.1. The standard InChI is InChI=1S/C17H30N2O2/c1-19(15-9-5-6-10-16(15)20)13-17(21)18-12-11-14-7-3-2-4-8-14/h7,15-16,20H,2-6,8-13H2,1H3,(H,18,21). The van der Waals surface area contributed by atoms with E-state index in [1.165, 1.54) is 31.3 Å². The number of hydrogen-bond donors (Lipinski definition) is 2. The van der Waals surface area contributed by atoms with Crippen LogP contribution in [0, 0.1) is 0 Å². The fourth-order valence-corrected chi connectivity index (χ4v) is 3.50. The Morgan fingerprint density at radius 2 is 2.14 bits per heavy atom. The average molecular weight is 294 g/mol. The number of aliphatic hydroxyl groups excluding tert-OH is 1. The highest BCUT2D eigenvalue weighted by Gasteiger charge is 2.27. The van der Waals surface area contributed by atoms with Crippen molar-refractivity contribution in [3.05, 3.63) is 11.6 Å². The van der Waals surface area contributed by atoms with Crippen molar-refractivity contribution in [1.82, 2.24) is 10.2 Å². The second-order valence-corrected chi connectivity index (χ2v) is 6.54. The Kier molecular flexibility index (Phi) is 6.71. The Hall–Kier alpha value is -0.870. The van der Waals surface area contributed by atoms with Crippen LogP contribution in [0.15, 0.2) is 11.6 Å². The molecule has 1 amide bonds. The Labute approximate surface area is 128 Å². The van der Waals surface area contributed by atoms with Crippen LogP contribution in [0.3, 0.4) is 0 Å². The van der Waals surface area contributed by atoms with Gasteiger partial charge in [0.15, 0.2) is 0 Å². The van der Waals surface area contributed by atoms with Crippen LogP contribution in [0.5, 0.6) is 0 Å². The van der Waals surface area contributed by atoms with E-state index in [-0.39, 0.29) is 18.1 Å². The van der Waals surface area contributed by atoms with Crippen molar-refractivity contribution in [3.63, 3.8) is 0 Å². The molecule has 0 radical (unpaired) electrons. The molecule has 2 aliphatic rings. The zero-order valence-corrected chi connectivity index (χ0v) is 13.3. The fraction of sp³-hybridized carbons (Fsp3) is 0.824. The molecule has 0 aromatic rings. The van der Waals surface area contributed by atoms with Gasteiger partial charge in [-0.05, 0) is 52.0 Å². The molecular weight excluding hydrogens is 264 g/mol. The molecule has 0 aromatic carbocycles. The molecule has 2 unspecified atom stereocenters. The molecule has 2 atom stereocenters. The first-order valence-electron chi connectivity index (χ1n) is 8.49. The van der Waals surface area contributed by atoms with Gasteiger partial charge < -0.3 is 10.4 Å². The number of carbonyl (C=O) groups is 1. The lowest BCUT2D eigenvalue weighted by Crippen LogP contribution is -2.47. The van der Waals surface area contributed by atoms with Crippen molar-refractivity contribution < 1.29 is 9.90 Å². The Bertz CT molecular complexity index is 368. The number of likely N-dealkylation sites (N-methyl/N-ethyl adjacent to an activating group) is 1. The van der Waals surface area contributed by atoms with Crippen molar-refractivity contribution in [2.24, 2.45) is 0 Å². The van der Waals surface area contributed by atoms with Gasteiger partial charge in [0.05, 0.1) is 12.6 Å². The van der Waals surface area contributed by atoms with Crippen molar-refractivity contribution in [3.8, 4) is 0 Å². The van der Waals surface area contributed by atoms with Crippen LogP contribution in [-0.4, -0.2) is 48.2 Å². The molecule has 1 fully saturated rings. The van der Waals surface area contributed by atoms with Crippen LogP contribution in [0.25, 0.3) is 0 Å². The number of nitrogens with one attached hydrogen (secondary N) is 1. The molecule has 120 valence electrons. The van der Waals surface area contributed by atoms with Crippen LogP contribution < -0.4 is 5.32 Å². The Morgan fingerprint density at radius 1 is 1.33 bits per heavy atom. The molecule has 0 aromatic heterocycles. The molecule has 0 spiro atoms. The number of hydrogen-bond acceptors (Lipinski definition) is 3. The predicted octanol–water partition coefficient (Wildman–Crippen LogP) is 2.23. The first kappa shape index (κ1) is 16.5. The third-order valence-electron chi connectivity index (χ3n) is 4.81. The van der Waals surface area contributed by atoms with Gasteiger partial charge in [-0.3, -0.25) is 9.69 Å². The van der Waals surface area contributed by atoms with E-state index in [9.17, 15) is 9.90 Å². The number of nitrogens with zero attached hydrogens (tertiary/aromatic N) is 1. The van der Waals surface area contributed by atoms with E-state index in [1.54, 1.807) is 0 Å². The highest BCUT2D eigenvalue weighted by molar-refractivity contribution is 5.78. The van der Waals surface area contributed by atoms with Gasteiger partial charge in [-0.1, -0.05) is 24.5 Å². The summed E-state index contributed by atoms with van der Waals surface area (Å²) in [6.07, 6.45) is 12.2. The molecule has 4 nitrogen and oxygen atoms in total. The average Bonchev–Trinajstić information content (AvgIpc) is 2.48. The summed E-state index contributed by atoms with van der Waals surface area (Å²) in [4.78, 5) is 14.0. The molecule has 21 heavy (non-hydrogen) atoms. The maximum absolute atomic E-state index is 12.0. The number of rotatable bonds is 6. The lowest BCUT2D eigenvalue weighted by molar-refractivity contribution is -0.123. The lowest BCUT2D eigenvalue weighted by atomic mass is 9.91. The minimum atomic E-state index is -0.274. The summed E-state index contributed by atoms with van der Waals surface area (Å²) < 4.78 is 0. The second kappa shape index (κ2) is 8.54. The third kappa shape index (κ3) is 5.44. The maximum Gasteiger partial charge on any atom is 0.234 e. The van der Waals surface area contributed by atoms with Crippen molar-refractivity contribution in [1.29, 1.82) is 0 Å². The summed E-state index contributed by atoms with van der Waals surface area (Å²) in [7, 11) is 1.95. The summed E-state index contributed by atoms with van der Waals surface area (Å²) in [6, 6.07) is 0.144. The second-order valence-electron chi connectivity index (χ2n) is 6.54. The van der Waals surface area contributed by atoms with E-state index in [1.807, 2.05) is 11.9 Å². The van der Waals surface area contributed by atoms with E-state index in [2.05, 4.69) is 11.4 Å². The van der Waals surface area contributed by atoms with Crippen LogP contribution in [0.2, 0.25) is 0 Å². The summed E-state index contributed by atoms with van der Waals surface area (Å²) in [5.41, 5.74) is 1.50. The van der Waals surface area contributed by atoms with Gasteiger partial charge in [-0.25, -0.2) is 0 Å². The molecule has 2 N–H and O–H groups in total. The van der Waals surface area contributed by atoms with Gasteiger partial charge in [0.25, 0.3) is 0 Å². The minimum Gasteiger partial charge on any atom is -0.391 e. The van der Waals surface area contributed by atoms with Crippen molar-refractivity contribution in [2.75, 3.05) is 20.1 Å². The third-order valence-corrected chi connectivity index (χ3v) is 4.81. The van der Waals surface area contributed by atoms with E-state index >= 15 is 0 Å². The summed E-state index contributed by atoms with van der Waals surface area (Å²) in [5.74, 6) is 0.0756. The molecule has 2 rings (SSSR count). The van der Waals surface area contributed by atoms with Crippen molar-refractivity contribution >= 4 is 5.91 Å². The van der Waals surface area contributed by atoms with Crippen LogP contribution in [0.1, 0.15) is 57.8 Å². The minimum absolute atomic E-state index is 0.0756. The molecule has 0 bridgehead atoms. The number of carbonyl (C=O) groups excluding carboxylic acids is 1. The van der Waals surface area contributed by atoms with Crippen LogP contribution >= 0.6 is 0 Å². The molecule has 0 heterocycles. The van der Waals surface area contributed by atoms with E-state index in [4.69, 9.17) is 0 Å². The number of aliphatic hydroxyl groups is 1. The summed E-state index contributed by atoms with van der Waals surface area (Å²) in [6.45, 7) is 1.13. The molecular formula is C17H30N2O2. The highest BCUT2D eigenvalue weighted by atomic mass is 16.3. The SMILES string of the molecule is CN(CC(=O)NCCC1=CCCCC1)C1CCCCC1O. The molecule has 2 aliphatic carbocycles. The highest BCUT2D eigenvalue weighted by Crippen LogP contribution is 2.22. The Balaban J connectivity index is 1.65. The van der Waals surface area contributed by atoms with Gasteiger partial charge in [-0.15, -0.1) is 0 Å². The predicted molar refractivity (Wildman–Crippen MR) is 85.1 cm³/mol. The van der Waals surface area contributed by atoms with Gasteiger partial charge in [0.2, 0.25) is 5.91 Å². The zero-order valence-electron chi connectivity index (χ0n) is 13.3. The topological polar surface area (TPSA) is 52.6 Å². The van der Waals surface area contributed by atoms with Crippen LogP contribution in [0.4, 0.5) is 0 Å². The van der Waals surface area contributed by atoms with Gasteiger partial charge >= 0.3 is 0 Å². The van der Waals surface area contributed by atoms with Crippen molar-refractivity contribution in [2.45, 2.75) is 69.9 Å². The van der Waals surface area contributed by atoms with E-state index < -0.39 is 0 Å². The molecule has 0 saturated heterocycles. The largest absolute Gasteiger partial charge is 0.391 e. The number of amides is 1. The summed E-state index contributed by atoms with van der Waals surface area (Å²) >= 11 is 0. The first-order chi connectivity index (χ1) is 10.2. The monoisotopic (exact) mass is 294 g/mol. The normalized spacial score (nSPS) is 26.5. The maximum atomic E-state index is 12.0. The smallest absolute Gasteiger partial charge is 0.234 e. The Morgan fingerprint density at radius 3 is 2.86 bits per heavy atom.